The third-order valence-corrected chi connectivity index (χ3v) is 6.10. The number of hydrogen-bond donors (Lipinski definition) is 0. The molecule has 0 saturated carbocycles. The number of fused-ring (bicyclic) bond motifs is 2. The minimum atomic E-state index is -3.36. The molecule has 0 aliphatic rings. The number of alkyl halides is 1. The van der Waals surface area contributed by atoms with E-state index in [9.17, 15) is 8.42 Å². The molecule has 0 amide bonds. The van der Waals surface area contributed by atoms with Gasteiger partial charge in [0, 0.05) is 23.4 Å². The smallest absolute Gasteiger partial charge is 0.193 e. The summed E-state index contributed by atoms with van der Waals surface area (Å²) in [4.78, 5) is 4.44. The first-order valence-corrected chi connectivity index (χ1v) is 11.3. The predicted octanol–water partition coefficient (Wildman–Crippen LogP) is 3.80. The van der Waals surface area contributed by atoms with Gasteiger partial charge >= 0.3 is 0 Å². The Morgan fingerprint density at radius 2 is 1.84 bits per heavy atom. The molecule has 1 unspecified atom stereocenters. The fourth-order valence-electron chi connectivity index (χ4n) is 3.40. The summed E-state index contributed by atoms with van der Waals surface area (Å²) in [5.74, 6) is 0.0411. The van der Waals surface area contributed by atoms with Crippen molar-refractivity contribution in [1.29, 1.82) is 0 Å². The Balaban J connectivity index is 1.59. The number of halogens is 1. The van der Waals surface area contributed by atoms with E-state index in [4.69, 9.17) is 0 Å². The van der Waals surface area contributed by atoms with Gasteiger partial charge in [0.25, 0.3) is 0 Å². The number of hydrogen-bond acceptors (Lipinski definition) is 6. The molecule has 154 valence electrons. The molecular formula is C22H16FN5O2S. The Hall–Kier alpha value is -3.72. The van der Waals surface area contributed by atoms with Gasteiger partial charge in [-0.05, 0) is 48.0 Å². The molecular weight excluding hydrogens is 417 g/mol. The van der Waals surface area contributed by atoms with E-state index in [1.165, 1.54) is 16.6 Å². The van der Waals surface area contributed by atoms with E-state index in [2.05, 4.69) is 20.3 Å². The van der Waals surface area contributed by atoms with Crippen molar-refractivity contribution in [2.45, 2.75) is 11.1 Å². The molecule has 2 aromatic carbocycles. The van der Waals surface area contributed by atoms with Crippen molar-refractivity contribution in [3.63, 3.8) is 0 Å². The third-order valence-electron chi connectivity index (χ3n) is 4.99. The lowest BCUT2D eigenvalue weighted by Crippen LogP contribution is -2.05. The number of nitrogens with zero attached hydrogens (tertiary/aromatic N) is 5. The van der Waals surface area contributed by atoms with E-state index < -0.39 is 16.0 Å². The van der Waals surface area contributed by atoms with Crippen molar-refractivity contribution < 1.29 is 12.8 Å². The van der Waals surface area contributed by atoms with Crippen molar-refractivity contribution in [1.82, 2.24) is 24.8 Å². The molecule has 0 radical (unpaired) electrons. The monoisotopic (exact) mass is 433 g/mol. The maximum absolute atomic E-state index is 15.5. The fourth-order valence-corrected chi connectivity index (χ4v) is 4.07. The van der Waals surface area contributed by atoms with Crippen LogP contribution < -0.4 is 0 Å². The third kappa shape index (κ3) is 3.53. The lowest BCUT2D eigenvalue weighted by molar-refractivity contribution is 0.377. The predicted molar refractivity (Wildman–Crippen MR) is 114 cm³/mol. The summed E-state index contributed by atoms with van der Waals surface area (Å²) >= 11 is 0. The molecule has 9 heteroatoms. The van der Waals surface area contributed by atoms with Gasteiger partial charge in [0.05, 0.1) is 16.1 Å². The standard InChI is InChI=1S/C22H16FN5O2S/c1-31(29,30)17-6-2-4-15(13-17)19-9-10-20-25-26-22(28(20)27-19)21(23)16-7-8-18-14(12-16)5-3-11-24-18/h2-13,21H,1H3. The van der Waals surface area contributed by atoms with E-state index in [-0.39, 0.29) is 10.7 Å². The molecule has 3 aromatic heterocycles. The second kappa shape index (κ2) is 7.21. The van der Waals surface area contributed by atoms with Crippen LogP contribution in [0.25, 0.3) is 27.8 Å². The molecule has 0 fully saturated rings. The second-order valence-electron chi connectivity index (χ2n) is 7.16. The molecule has 0 bridgehead atoms. The van der Waals surface area contributed by atoms with Crippen LogP contribution in [0.5, 0.6) is 0 Å². The molecule has 1 atom stereocenters. The summed E-state index contributed by atoms with van der Waals surface area (Å²) in [5, 5.41) is 13.3. The van der Waals surface area contributed by atoms with Crippen LogP contribution in [0.15, 0.2) is 77.8 Å². The van der Waals surface area contributed by atoms with Gasteiger partial charge in [-0.3, -0.25) is 4.98 Å². The van der Waals surface area contributed by atoms with E-state index in [0.29, 0.717) is 22.5 Å². The van der Waals surface area contributed by atoms with Crippen LogP contribution in [0.4, 0.5) is 4.39 Å². The Morgan fingerprint density at radius 3 is 2.68 bits per heavy atom. The Kier molecular flexibility index (Phi) is 4.48. The lowest BCUT2D eigenvalue weighted by Gasteiger charge is -2.09. The van der Waals surface area contributed by atoms with E-state index in [0.717, 1.165) is 17.2 Å². The number of sulfone groups is 1. The highest BCUT2D eigenvalue weighted by molar-refractivity contribution is 7.90. The van der Waals surface area contributed by atoms with Crippen LogP contribution in [0.2, 0.25) is 0 Å². The molecule has 5 rings (SSSR count). The summed E-state index contributed by atoms with van der Waals surface area (Å²) in [6.07, 6.45) is 1.28. The Bertz CT molecular complexity index is 1550. The van der Waals surface area contributed by atoms with Crippen LogP contribution in [0, 0.1) is 0 Å². The average molecular weight is 433 g/mol. The van der Waals surface area contributed by atoms with Crippen LogP contribution in [0.3, 0.4) is 0 Å². The first-order chi connectivity index (χ1) is 14.9. The summed E-state index contributed by atoms with van der Waals surface area (Å²) in [5.41, 5.74) is 2.66. The van der Waals surface area contributed by atoms with E-state index >= 15 is 4.39 Å². The van der Waals surface area contributed by atoms with E-state index in [1.54, 1.807) is 54.7 Å². The average Bonchev–Trinajstić information content (AvgIpc) is 3.21. The molecule has 31 heavy (non-hydrogen) atoms. The van der Waals surface area contributed by atoms with Crippen LogP contribution in [-0.2, 0) is 9.84 Å². The number of benzene rings is 2. The fraction of sp³-hybridized carbons (Fsp3) is 0.0909. The topological polar surface area (TPSA) is 90.1 Å². The Labute approximate surface area is 177 Å². The van der Waals surface area contributed by atoms with Gasteiger partial charge in [-0.15, -0.1) is 10.2 Å². The lowest BCUT2D eigenvalue weighted by atomic mass is 10.1. The molecule has 0 aliphatic carbocycles. The molecule has 0 spiro atoms. The molecule has 7 nitrogen and oxygen atoms in total. The molecule has 0 N–H and O–H groups in total. The van der Waals surface area contributed by atoms with Crippen molar-refractivity contribution in [2.24, 2.45) is 0 Å². The summed E-state index contributed by atoms with van der Waals surface area (Å²) in [6.45, 7) is 0. The summed E-state index contributed by atoms with van der Waals surface area (Å²) in [6, 6.07) is 18.6. The van der Waals surface area contributed by atoms with Crippen molar-refractivity contribution in [3.05, 3.63) is 84.3 Å². The van der Waals surface area contributed by atoms with Crippen molar-refractivity contribution in [2.75, 3.05) is 6.26 Å². The van der Waals surface area contributed by atoms with Gasteiger partial charge in [-0.1, -0.05) is 24.3 Å². The summed E-state index contributed by atoms with van der Waals surface area (Å²) < 4.78 is 40.6. The normalized spacial score (nSPS) is 13.0. The molecule has 0 aliphatic heterocycles. The van der Waals surface area contributed by atoms with Crippen LogP contribution >= 0.6 is 0 Å². The first kappa shape index (κ1) is 19.3. The van der Waals surface area contributed by atoms with Crippen molar-refractivity contribution >= 4 is 26.4 Å². The Morgan fingerprint density at radius 1 is 0.968 bits per heavy atom. The summed E-state index contributed by atoms with van der Waals surface area (Å²) in [7, 11) is -3.36. The molecule has 0 saturated heterocycles. The largest absolute Gasteiger partial charge is 0.256 e. The molecule has 3 heterocycles. The van der Waals surface area contributed by atoms with Gasteiger partial charge in [0.1, 0.15) is 0 Å². The van der Waals surface area contributed by atoms with E-state index in [1.807, 2.05) is 6.07 Å². The maximum atomic E-state index is 15.5. The zero-order valence-electron chi connectivity index (χ0n) is 16.3. The zero-order valence-corrected chi connectivity index (χ0v) is 17.2. The van der Waals surface area contributed by atoms with Gasteiger partial charge in [-0.25, -0.2) is 12.8 Å². The highest BCUT2D eigenvalue weighted by Gasteiger charge is 2.21. The van der Waals surface area contributed by atoms with Crippen LogP contribution in [0.1, 0.15) is 17.6 Å². The maximum Gasteiger partial charge on any atom is 0.193 e. The highest BCUT2D eigenvalue weighted by Crippen LogP contribution is 2.28. The highest BCUT2D eigenvalue weighted by atomic mass is 32.2. The van der Waals surface area contributed by atoms with Crippen molar-refractivity contribution in [3.8, 4) is 11.3 Å². The van der Waals surface area contributed by atoms with Gasteiger partial charge in [-0.2, -0.15) is 9.61 Å². The molecule has 5 aromatic rings. The first-order valence-electron chi connectivity index (χ1n) is 9.42. The van der Waals surface area contributed by atoms with Crippen LogP contribution in [-0.4, -0.2) is 39.5 Å². The number of rotatable bonds is 4. The quantitative estimate of drug-likeness (QED) is 0.428. The minimum absolute atomic E-state index is 0.0411. The second-order valence-corrected chi connectivity index (χ2v) is 9.18. The number of pyridine rings is 1. The van der Waals surface area contributed by atoms with Gasteiger partial charge in [0.2, 0.25) is 0 Å². The minimum Gasteiger partial charge on any atom is -0.256 e. The van der Waals surface area contributed by atoms with Gasteiger partial charge in [0.15, 0.2) is 27.5 Å². The SMILES string of the molecule is CS(=O)(=O)c1cccc(-c2ccc3nnc(C(F)c4ccc5ncccc5c4)n3n2)c1. The van der Waals surface area contributed by atoms with Gasteiger partial charge < -0.3 is 0 Å². The zero-order chi connectivity index (χ0) is 21.6. The number of aromatic nitrogens is 5.